The van der Waals surface area contributed by atoms with E-state index >= 15 is 0 Å². The molecular weight excluding hydrogens is 270 g/mol. The topological polar surface area (TPSA) is 17.8 Å². The lowest BCUT2D eigenvalue weighted by atomic mass is 10.2. The maximum absolute atomic E-state index is 14.0. The Labute approximate surface area is 116 Å². The van der Waals surface area contributed by atoms with E-state index in [2.05, 4.69) is 11.9 Å². The highest BCUT2D eigenvalue weighted by Gasteiger charge is 2.19. The van der Waals surface area contributed by atoms with Crippen LogP contribution >= 0.6 is 11.6 Å². The highest BCUT2D eigenvalue weighted by atomic mass is 35.5. The van der Waals surface area contributed by atoms with E-state index in [1.165, 1.54) is 6.07 Å². The van der Waals surface area contributed by atoms with Crippen molar-refractivity contribution in [2.45, 2.75) is 45.0 Å². The molecule has 0 amide bonds. The Kier molecular flexibility index (Phi) is 4.40. The third-order valence-electron chi connectivity index (χ3n) is 3.17. The number of aryl methyl sites for hydroxylation is 1. The molecule has 0 aliphatic heterocycles. The first-order valence-corrected chi connectivity index (χ1v) is 6.98. The highest BCUT2D eigenvalue weighted by molar-refractivity contribution is 6.20. The number of fused-ring (bicyclic) bond motifs is 1. The van der Waals surface area contributed by atoms with Crippen molar-refractivity contribution in [3.05, 3.63) is 29.6 Å². The minimum absolute atomic E-state index is 0.221. The van der Waals surface area contributed by atoms with Gasteiger partial charge in [0.15, 0.2) is 11.6 Å². The van der Waals surface area contributed by atoms with E-state index in [-0.39, 0.29) is 10.9 Å². The zero-order valence-corrected chi connectivity index (χ0v) is 11.8. The molecular formula is C14H17ClF2N2. The van der Waals surface area contributed by atoms with Crippen LogP contribution in [0.2, 0.25) is 0 Å². The van der Waals surface area contributed by atoms with Crippen LogP contribution in [0.5, 0.6) is 0 Å². The Morgan fingerprint density at radius 2 is 2.05 bits per heavy atom. The summed E-state index contributed by atoms with van der Waals surface area (Å²) >= 11 is 6.09. The van der Waals surface area contributed by atoms with Gasteiger partial charge in [0.1, 0.15) is 11.3 Å². The van der Waals surface area contributed by atoms with E-state index < -0.39 is 11.6 Å². The average Bonchev–Trinajstić information content (AvgIpc) is 2.74. The Balaban J connectivity index is 2.54. The second-order valence-corrected chi connectivity index (χ2v) is 5.33. The van der Waals surface area contributed by atoms with Gasteiger partial charge in [-0.05, 0) is 25.5 Å². The van der Waals surface area contributed by atoms with Gasteiger partial charge in [0.25, 0.3) is 0 Å². The van der Waals surface area contributed by atoms with E-state index in [0.29, 0.717) is 17.9 Å². The quantitative estimate of drug-likeness (QED) is 0.570. The monoisotopic (exact) mass is 286 g/mol. The van der Waals surface area contributed by atoms with Crippen LogP contribution in [-0.2, 0) is 6.54 Å². The third kappa shape index (κ3) is 2.73. The molecule has 0 fully saturated rings. The van der Waals surface area contributed by atoms with Crippen molar-refractivity contribution >= 4 is 22.6 Å². The number of imidazole rings is 1. The molecule has 0 bridgehead atoms. The first kappa shape index (κ1) is 14.3. The molecule has 1 aromatic carbocycles. The summed E-state index contributed by atoms with van der Waals surface area (Å²) in [7, 11) is 0. The summed E-state index contributed by atoms with van der Waals surface area (Å²) in [5.41, 5.74) is 0.677. The second-order valence-electron chi connectivity index (χ2n) is 4.67. The van der Waals surface area contributed by atoms with Gasteiger partial charge in [0, 0.05) is 6.54 Å². The van der Waals surface area contributed by atoms with Crippen molar-refractivity contribution in [1.29, 1.82) is 0 Å². The average molecular weight is 287 g/mol. The normalized spacial score (nSPS) is 13.1. The SMILES string of the molecule is CCCCCn1c(C(C)Cl)nc2ccc(F)c(F)c21. The van der Waals surface area contributed by atoms with Crippen molar-refractivity contribution in [3.63, 3.8) is 0 Å². The van der Waals surface area contributed by atoms with Crippen LogP contribution in [-0.4, -0.2) is 9.55 Å². The molecule has 1 unspecified atom stereocenters. The summed E-state index contributed by atoms with van der Waals surface area (Å²) < 4.78 is 29.1. The minimum Gasteiger partial charge on any atom is -0.324 e. The lowest BCUT2D eigenvalue weighted by Crippen LogP contribution is -2.06. The fourth-order valence-corrected chi connectivity index (χ4v) is 2.39. The maximum atomic E-state index is 14.0. The Morgan fingerprint density at radius 1 is 1.32 bits per heavy atom. The zero-order chi connectivity index (χ0) is 14.0. The molecule has 2 rings (SSSR count). The fraction of sp³-hybridized carbons (Fsp3) is 0.500. The molecule has 1 atom stereocenters. The Morgan fingerprint density at radius 3 is 2.68 bits per heavy atom. The number of rotatable bonds is 5. The summed E-state index contributed by atoms with van der Waals surface area (Å²) in [4.78, 5) is 4.32. The van der Waals surface area contributed by atoms with Crippen molar-refractivity contribution < 1.29 is 8.78 Å². The molecule has 0 spiro atoms. The molecule has 0 aliphatic carbocycles. The molecule has 0 saturated heterocycles. The first-order chi connectivity index (χ1) is 9.06. The van der Waals surface area contributed by atoms with Crippen molar-refractivity contribution in [2.24, 2.45) is 0 Å². The molecule has 1 heterocycles. The standard InChI is InChI=1S/C14H17ClF2N2/c1-3-4-5-8-19-13-11(18-14(19)9(2)15)7-6-10(16)12(13)17/h6-7,9H,3-5,8H2,1-2H3. The Bertz CT molecular complexity index is 578. The number of benzene rings is 1. The van der Waals surface area contributed by atoms with Gasteiger partial charge in [-0.2, -0.15) is 0 Å². The highest BCUT2D eigenvalue weighted by Crippen LogP contribution is 2.27. The van der Waals surface area contributed by atoms with Crippen LogP contribution in [0.3, 0.4) is 0 Å². The van der Waals surface area contributed by atoms with Gasteiger partial charge in [-0.15, -0.1) is 11.6 Å². The molecule has 0 aliphatic rings. The molecule has 0 radical (unpaired) electrons. The van der Waals surface area contributed by atoms with Crippen molar-refractivity contribution in [2.75, 3.05) is 0 Å². The summed E-state index contributed by atoms with van der Waals surface area (Å²) in [6.45, 7) is 4.49. The molecule has 19 heavy (non-hydrogen) atoms. The van der Waals surface area contributed by atoms with Gasteiger partial charge in [0.2, 0.25) is 0 Å². The molecule has 0 saturated carbocycles. The number of nitrogens with zero attached hydrogens (tertiary/aromatic N) is 2. The van der Waals surface area contributed by atoms with Crippen molar-refractivity contribution in [3.8, 4) is 0 Å². The Hall–Kier alpha value is -1.16. The lowest BCUT2D eigenvalue weighted by molar-refractivity contribution is 0.507. The number of halogens is 3. The second kappa shape index (κ2) is 5.87. The van der Waals surface area contributed by atoms with E-state index in [1.54, 1.807) is 11.5 Å². The maximum Gasteiger partial charge on any atom is 0.184 e. The lowest BCUT2D eigenvalue weighted by Gasteiger charge is -2.10. The van der Waals surface area contributed by atoms with Gasteiger partial charge in [-0.1, -0.05) is 19.8 Å². The van der Waals surface area contributed by atoms with Crippen LogP contribution < -0.4 is 0 Å². The van der Waals surface area contributed by atoms with E-state index in [0.717, 1.165) is 25.3 Å². The number of aromatic nitrogens is 2. The number of hydrogen-bond donors (Lipinski definition) is 0. The van der Waals surface area contributed by atoms with Crippen LogP contribution in [0, 0.1) is 11.6 Å². The van der Waals surface area contributed by atoms with Gasteiger partial charge >= 0.3 is 0 Å². The summed E-state index contributed by atoms with van der Waals surface area (Å²) in [5, 5.41) is -0.337. The van der Waals surface area contributed by atoms with Crippen LogP contribution in [0.25, 0.3) is 11.0 Å². The minimum atomic E-state index is -0.849. The van der Waals surface area contributed by atoms with Gasteiger partial charge in [-0.3, -0.25) is 0 Å². The predicted molar refractivity (Wildman–Crippen MR) is 73.4 cm³/mol. The fourth-order valence-electron chi connectivity index (χ4n) is 2.23. The largest absolute Gasteiger partial charge is 0.324 e. The van der Waals surface area contributed by atoms with Crippen LogP contribution in [0.1, 0.15) is 44.3 Å². The summed E-state index contributed by atoms with van der Waals surface area (Å²) in [5.74, 6) is -1.10. The van der Waals surface area contributed by atoms with E-state index in [1.807, 2.05) is 0 Å². The van der Waals surface area contributed by atoms with E-state index in [9.17, 15) is 8.78 Å². The van der Waals surface area contributed by atoms with Crippen molar-refractivity contribution in [1.82, 2.24) is 9.55 Å². The van der Waals surface area contributed by atoms with Gasteiger partial charge in [-0.25, -0.2) is 13.8 Å². The molecule has 0 N–H and O–H groups in total. The van der Waals surface area contributed by atoms with Gasteiger partial charge in [0.05, 0.1) is 10.9 Å². The number of alkyl halides is 1. The van der Waals surface area contributed by atoms with Crippen LogP contribution in [0.15, 0.2) is 12.1 Å². The smallest absolute Gasteiger partial charge is 0.184 e. The zero-order valence-electron chi connectivity index (χ0n) is 11.1. The summed E-state index contributed by atoms with van der Waals surface area (Å²) in [6.07, 6.45) is 3.00. The molecule has 2 nitrogen and oxygen atoms in total. The van der Waals surface area contributed by atoms with Crippen LogP contribution in [0.4, 0.5) is 8.78 Å². The predicted octanol–water partition coefficient (Wildman–Crippen LogP) is 4.80. The molecule has 1 aromatic heterocycles. The summed E-state index contributed by atoms with van der Waals surface area (Å²) in [6, 6.07) is 2.59. The number of unbranched alkanes of at least 4 members (excludes halogenated alkanes) is 2. The third-order valence-corrected chi connectivity index (χ3v) is 3.37. The van der Waals surface area contributed by atoms with E-state index in [4.69, 9.17) is 11.6 Å². The molecule has 104 valence electrons. The van der Waals surface area contributed by atoms with Gasteiger partial charge < -0.3 is 4.57 Å². The molecule has 5 heteroatoms. The first-order valence-electron chi connectivity index (χ1n) is 6.54. The molecule has 2 aromatic rings. The number of hydrogen-bond acceptors (Lipinski definition) is 1.